The molecule has 1 N–H and O–H groups in total. The lowest BCUT2D eigenvalue weighted by atomic mass is 10.2. The second-order valence-corrected chi connectivity index (χ2v) is 5.26. The molecule has 0 saturated carbocycles. The molecule has 0 aromatic heterocycles. The Labute approximate surface area is 129 Å². The molecule has 0 atom stereocenters. The number of amides is 1. The first-order valence-corrected chi connectivity index (χ1v) is 6.94. The minimum Gasteiger partial charge on any atom is -0.378 e. The SMILES string of the molecule is CN(C)c1ccc(NC(=O)C=Cc2cccc(Cl)c2)cc1. The van der Waals surface area contributed by atoms with Crippen molar-refractivity contribution in [1.82, 2.24) is 0 Å². The summed E-state index contributed by atoms with van der Waals surface area (Å²) in [5.74, 6) is -0.174. The standard InChI is InChI=1S/C17H17ClN2O/c1-20(2)16-9-7-15(8-10-16)19-17(21)11-6-13-4-3-5-14(18)12-13/h3-12H,1-2H3,(H,19,21). The Kier molecular flexibility index (Phi) is 5.01. The molecule has 0 aliphatic heterocycles. The lowest BCUT2D eigenvalue weighted by molar-refractivity contribution is -0.111. The molecule has 0 spiro atoms. The van der Waals surface area contributed by atoms with E-state index in [1.54, 1.807) is 18.2 Å². The second-order valence-electron chi connectivity index (χ2n) is 4.82. The number of nitrogens with zero attached hydrogens (tertiary/aromatic N) is 1. The minimum absolute atomic E-state index is 0.174. The minimum atomic E-state index is -0.174. The molecule has 2 aromatic carbocycles. The highest BCUT2D eigenvalue weighted by molar-refractivity contribution is 6.30. The third-order valence-electron chi connectivity index (χ3n) is 2.93. The van der Waals surface area contributed by atoms with Gasteiger partial charge in [-0.25, -0.2) is 0 Å². The van der Waals surface area contributed by atoms with E-state index < -0.39 is 0 Å². The molecule has 4 heteroatoms. The number of carbonyl (C=O) groups excluding carboxylic acids is 1. The number of hydrogen-bond acceptors (Lipinski definition) is 2. The molecule has 3 nitrogen and oxygen atoms in total. The number of nitrogens with one attached hydrogen (secondary N) is 1. The van der Waals surface area contributed by atoms with Crippen LogP contribution in [-0.4, -0.2) is 20.0 Å². The Morgan fingerprint density at radius 1 is 1.14 bits per heavy atom. The highest BCUT2D eigenvalue weighted by Crippen LogP contribution is 2.16. The lowest BCUT2D eigenvalue weighted by Gasteiger charge is -2.12. The van der Waals surface area contributed by atoms with E-state index >= 15 is 0 Å². The molecule has 21 heavy (non-hydrogen) atoms. The maximum Gasteiger partial charge on any atom is 0.248 e. The van der Waals surface area contributed by atoms with Crippen molar-refractivity contribution in [3.05, 3.63) is 65.2 Å². The van der Waals surface area contributed by atoms with Crippen LogP contribution in [0.4, 0.5) is 11.4 Å². The van der Waals surface area contributed by atoms with Crippen molar-refractivity contribution in [2.24, 2.45) is 0 Å². The molecule has 2 aromatic rings. The number of anilines is 2. The van der Waals surface area contributed by atoms with Crippen molar-refractivity contribution >= 4 is 35.0 Å². The lowest BCUT2D eigenvalue weighted by Crippen LogP contribution is -2.10. The largest absolute Gasteiger partial charge is 0.378 e. The number of carbonyl (C=O) groups is 1. The summed E-state index contributed by atoms with van der Waals surface area (Å²) in [5.41, 5.74) is 2.74. The summed E-state index contributed by atoms with van der Waals surface area (Å²) in [4.78, 5) is 13.9. The van der Waals surface area contributed by atoms with Crippen LogP contribution in [0.5, 0.6) is 0 Å². The third-order valence-corrected chi connectivity index (χ3v) is 3.16. The summed E-state index contributed by atoms with van der Waals surface area (Å²) in [6, 6.07) is 15.0. The highest BCUT2D eigenvalue weighted by Gasteiger charge is 1.99. The number of rotatable bonds is 4. The van der Waals surface area contributed by atoms with E-state index in [9.17, 15) is 4.79 Å². The van der Waals surface area contributed by atoms with E-state index in [0.29, 0.717) is 5.02 Å². The van der Waals surface area contributed by atoms with Crippen LogP contribution in [0.15, 0.2) is 54.6 Å². The van der Waals surface area contributed by atoms with E-state index in [1.165, 1.54) is 6.08 Å². The molecule has 0 heterocycles. The van der Waals surface area contributed by atoms with Crippen molar-refractivity contribution in [2.45, 2.75) is 0 Å². The molecule has 0 bridgehead atoms. The number of hydrogen-bond donors (Lipinski definition) is 1. The zero-order chi connectivity index (χ0) is 15.2. The van der Waals surface area contributed by atoms with E-state index in [1.807, 2.05) is 55.4 Å². The Morgan fingerprint density at radius 2 is 1.86 bits per heavy atom. The van der Waals surface area contributed by atoms with Gasteiger partial charge in [-0.1, -0.05) is 23.7 Å². The predicted octanol–water partition coefficient (Wildman–Crippen LogP) is 4.06. The Balaban J connectivity index is 1.98. The fourth-order valence-corrected chi connectivity index (χ4v) is 2.01. The zero-order valence-electron chi connectivity index (χ0n) is 12.0. The molecule has 0 fully saturated rings. The van der Waals surface area contributed by atoms with Crippen LogP contribution in [0.25, 0.3) is 6.08 Å². The first kappa shape index (κ1) is 15.1. The van der Waals surface area contributed by atoms with Crippen LogP contribution < -0.4 is 10.2 Å². The van der Waals surface area contributed by atoms with Crippen LogP contribution in [0.2, 0.25) is 5.02 Å². The van der Waals surface area contributed by atoms with Gasteiger partial charge in [0.15, 0.2) is 0 Å². The van der Waals surface area contributed by atoms with Crippen molar-refractivity contribution < 1.29 is 4.79 Å². The van der Waals surface area contributed by atoms with Crippen LogP contribution >= 0.6 is 11.6 Å². The van der Waals surface area contributed by atoms with Gasteiger partial charge in [-0.15, -0.1) is 0 Å². The summed E-state index contributed by atoms with van der Waals surface area (Å²) in [7, 11) is 3.95. The molecular formula is C17H17ClN2O. The van der Waals surface area contributed by atoms with Gasteiger partial charge >= 0.3 is 0 Å². The van der Waals surface area contributed by atoms with Gasteiger partial charge in [0.1, 0.15) is 0 Å². The monoisotopic (exact) mass is 300 g/mol. The maximum atomic E-state index is 11.8. The van der Waals surface area contributed by atoms with E-state index in [-0.39, 0.29) is 5.91 Å². The fraction of sp³-hybridized carbons (Fsp3) is 0.118. The first-order chi connectivity index (χ1) is 10.0. The highest BCUT2D eigenvalue weighted by atomic mass is 35.5. The van der Waals surface area contributed by atoms with Gasteiger partial charge in [0.05, 0.1) is 0 Å². The van der Waals surface area contributed by atoms with Crippen LogP contribution in [0.1, 0.15) is 5.56 Å². The Bertz CT molecular complexity index is 648. The summed E-state index contributed by atoms with van der Waals surface area (Å²) >= 11 is 5.89. The van der Waals surface area contributed by atoms with Gasteiger partial charge in [0.25, 0.3) is 0 Å². The molecule has 0 aliphatic rings. The fourth-order valence-electron chi connectivity index (χ4n) is 1.81. The van der Waals surface area contributed by atoms with Gasteiger partial charge in [-0.2, -0.15) is 0 Å². The summed E-state index contributed by atoms with van der Waals surface area (Å²) in [6.07, 6.45) is 3.22. The average molecular weight is 301 g/mol. The van der Waals surface area contributed by atoms with Gasteiger partial charge < -0.3 is 10.2 Å². The predicted molar refractivity (Wildman–Crippen MR) is 89.9 cm³/mol. The van der Waals surface area contributed by atoms with Crippen molar-refractivity contribution in [1.29, 1.82) is 0 Å². The van der Waals surface area contributed by atoms with E-state index in [2.05, 4.69) is 5.32 Å². The normalized spacial score (nSPS) is 10.6. The maximum absolute atomic E-state index is 11.8. The van der Waals surface area contributed by atoms with E-state index in [0.717, 1.165) is 16.9 Å². The molecule has 2 rings (SSSR count). The second kappa shape index (κ2) is 6.95. The number of benzene rings is 2. The molecule has 0 radical (unpaired) electrons. The van der Waals surface area contributed by atoms with Crippen molar-refractivity contribution in [3.63, 3.8) is 0 Å². The average Bonchev–Trinajstić information content (AvgIpc) is 2.46. The first-order valence-electron chi connectivity index (χ1n) is 6.56. The van der Waals surface area contributed by atoms with Gasteiger partial charge in [0, 0.05) is 36.6 Å². The molecule has 108 valence electrons. The van der Waals surface area contributed by atoms with Crippen LogP contribution in [0.3, 0.4) is 0 Å². The Hall–Kier alpha value is -2.26. The van der Waals surface area contributed by atoms with Gasteiger partial charge in [-0.05, 0) is 48.0 Å². The zero-order valence-corrected chi connectivity index (χ0v) is 12.8. The molecule has 0 saturated heterocycles. The molecule has 0 unspecified atom stereocenters. The summed E-state index contributed by atoms with van der Waals surface area (Å²) in [5, 5.41) is 3.47. The quantitative estimate of drug-likeness (QED) is 0.864. The van der Waals surface area contributed by atoms with Crippen molar-refractivity contribution in [2.75, 3.05) is 24.3 Å². The van der Waals surface area contributed by atoms with Crippen molar-refractivity contribution in [3.8, 4) is 0 Å². The molecule has 0 aliphatic carbocycles. The third kappa shape index (κ3) is 4.65. The molecular weight excluding hydrogens is 284 g/mol. The summed E-state index contributed by atoms with van der Waals surface area (Å²) < 4.78 is 0. The Morgan fingerprint density at radius 3 is 2.48 bits per heavy atom. The summed E-state index contributed by atoms with van der Waals surface area (Å²) in [6.45, 7) is 0. The smallest absolute Gasteiger partial charge is 0.248 e. The van der Waals surface area contributed by atoms with Crippen LogP contribution in [-0.2, 0) is 4.79 Å². The van der Waals surface area contributed by atoms with Gasteiger partial charge in [-0.3, -0.25) is 4.79 Å². The molecule has 1 amide bonds. The van der Waals surface area contributed by atoms with E-state index in [4.69, 9.17) is 11.6 Å². The van der Waals surface area contributed by atoms with Gasteiger partial charge in [0.2, 0.25) is 5.91 Å². The van der Waals surface area contributed by atoms with Crippen LogP contribution in [0, 0.1) is 0 Å². The number of halogens is 1. The topological polar surface area (TPSA) is 32.3 Å².